The molecule has 0 radical (unpaired) electrons. The lowest BCUT2D eigenvalue weighted by Gasteiger charge is -2.33. The zero-order chi connectivity index (χ0) is 14.4. The summed E-state index contributed by atoms with van der Waals surface area (Å²) in [5.41, 5.74) is 0. The Hall–Kier alpha value is -0.610. The average Bonchev–Trinajstić information content (AvgIpc) is 2.75. The van der Waals surface area contributed by atoms with Gasteiger partial charge in [-0.05, 0) is 25.7 Å². The largest absolute Gasteiger partial charge is 0.372 e. The molecule has 0 N–H and O–H groups in total. The van der Waals surface area contributed by atoms with Crippen LogP contribution in [-0.4, -0.2) is 61.1 Å². The van der Waals surface area contributed by atoms with Gasteiger partial charge in [-0.2, -0.15) is 0 Å². The van der Waals surface area contributed by atoms with Crippen LogP contribution in [0.15, 0.2) is 0 Å². The fraction of sp³-hybridized carbons (Fsp3) is 0.938. The summed E-state index contributed by atoms with van der Waals surface area (Å²) in [5.74, 6) is 0.181. The Balaban J connectivity index is 1.86. The van der Waals surface area contributed by atoms with E-state index in [0.717, 1.165) is 45.1 Å². The molecule has 1 amide bonds. The predicted octanol–water partition coefficient (Wildman–Crippen LogP) is 2.28. The third kappa shape index (κ3) is 3.95. The minimum absolute atomic E-state index is 0.181. The van der Waals surface area contributed by atoms with E-state index in [-0.39, 0.29) is 12.0 Å². The van der Waals surface area contributed by atoms with Crippen molar-refractivity contribution in [1.29, 1.82) is 0 Å². The van der Waals surface area contributed by atoms with Crippen molar-refractivity contribution in [2.45, 2.75) is 64.0 Å². The minimum atomic E-state index is -0.253. The summed E-state index contributed by atoms with van der Waals surface area (Å²) in [4.78, 5) is 17.0. The Kier molecular flexibility index (Phi) is 6.30. The molecule has 1 unspecified atom stereocenters. The maximum absolute atomic E-state index is 12.4. The third-order valence-corrected chi connectivity index (χ3v) is 4.86. The van der Waals surface area contributed by atoms with Crippen molar-refractivity contribution in [3.8, 4) is 0 Å². The van der Waals surface area contributed by atoms with E-state index in [1.807, 2.05) is 11.8 Å². The maximum Gasteiger partial charge on any atom is 0.251 e. The molecule has 0 aromatic rings. The lowest BCUT2D eigenvalue weighted by atomic mass is 9.94. The molecule has 1 atom stereocenters. The second-order valence-electron chi connectivity index (χ2n) is 6.14. The van der Waals surface area contributed by atoms with Gasteiger partial charge in [0, 0.05) is 39.3 Å². The van der Waals surface area contributed by atoms with Gasteiger partial charge in [-0.3, -0.25) is 9.69 Å². The highest BCUT2D eigenvalue weighted by Gasteiger charge is 2.27. The molecular formula is C16H30N2O2. The molecule has 1 saturated heterocycles. The molecule has 1 heterocycles. The zero-order valence-corrected chi connectivity index (χ0v) is 13.1. The minimum Gasteiger partial charge on any atom is -0.372 e. The Morgan fingerprint density at radius 3 is 2.50 bits per heavy atom. The first-order chi connectivity index (χ1) is 9.76. The molecule has 1 saturated carbocycles. The molecule has 0 bridgehead atoms. The summed E-state index contributed by atoms with van der Waals surface area (Å²) in [6, 6.07) is 0.767. The number of carbonyl (C=O) groups is 1. The van der Waals surface area contributed by atoms with E-state index in [1.165, 1.54) is 32.1 Å². The number of hydrogen-bond acceptors (Lipinski definition) is 3. The van der Waals surface area contributed by atoms with Gasteiger partial charge in [-0.25, -0.2) is 0 Å². The van der Waals surface area contributed by atoms with Crippen LogP contribution in [-0.2, 0) is 9.53 Å². The van der Waals surface area contributed by atoms with Crippen LogP contribution < -0.4 is 0 Å². The van der Waals surface area contributed by atoms with Gasteiger partial charge in [0.05, 0.1) is 0 Å². The highest BCUT2D eigenvalue weighted by atomic mass is 16.5. The molecule has 1 aliphatic heterocycles. The van der Waals surface area contributed by atoms with Crippen LogP contribution in [0.2, 0.25) is 0 Å². The van der Waals surface area contributed by atoms with Crippen molar-refractivity contribution in [2.24, 2.45) is 0 Å². The van der Waals surface area contributed by atoms with Crippen LogP contribution in [0, 0.1) is 0 Å². The van der Waals surface area contributed by atoms with Crippen molar-refractivity contribution in [2.75, 3.05) is 33.3 Å². The molecule has 0 spiro atoms. The number of hydrogen-bond donors (Lipinski definition) is 0. The predicted molar refractivity (Wildman–Crippen MR) is 80.7 cm³/mol. The molecule has 4 nitrogen and oxygen atoms in total. The molecule has 2 rings (SSSR count). The Morgan fingerprint density at radius 2 is 1.85 bits per heavy atom. The van der Waals surface area contributed by atoms with Gasteiger partial charge >= 0.3 is 0 Å². The molecule has 2 aliphatic rings. The second kappa shape index (κ2) is 7.99. The van der Waals surface area contributed by atoms with Gasteiger partial charge in [-0.1, -0.05) is 26.2 Å². The smallest absolute Gasteiger partial charge is 0.251 e. The van der Waals surface area contributed by atoms with Gasteiger partial charge in [0.1, 0.15) is 6.10 Å². The van der Waals surface area contributed by atoms with Gasteiger partial charge in [-0.15, -0.1) is 0 Å². The van der Waals surface area contributed by atoms with Crippen molar-refractivity contribution in [1.82, 2.24) is 9.80 Å². The summed E-state index contributed by atoms with van der Waals surface area (Å²) >= 11 is 0. The standard InChI is InChI=1S/C16H30N2O2/c1-3-15(20-2)16(19)18-11-7-10-17(12-13-18)14-8-5-4-6-9-14/h14-15H,3-13H2,1-2H3. The Labute approximate surface area is 123 Å². The maximum atomic E-state index is 12.4. The van der Waals surface area contributed by atoms with Crippen molar-refractivity contribution >= 4 is 5.91 Å². The summed E-state index contributed by atoms with van der Waals surface area (Å²) in [7, 11) is 1.64. The van der Waals surface area contributed by atoms with Gasteiger partial charge in [0.15, 0.2) is 0 Å². The quantitative estimate of drug-likeness (QED) is 0.793. The molecular weight excluding hydrogens is 252 g/mol. The van der Waals surface area contributed by atoms with E-state index in [9.17, 15) is 4.79 Å². The molecule has 4 heteroatoms. The van der Waals surface area contributed by atoms with Crippen LogP contribution in [0.4, 0.5) is 0 Å². The van der Waals surface area contributed by atoms with E-state index < -0.39 is 0 Å². The molecule has 0 aromatic carbocycles. The molecule has 0 aromatic heterocycles. The van der Waals surface area contributed by atoms with Crippen LogP contribution in [0.5, 0.6) is 0 Å². The van der Waals surface area contributed by atoms with Crippen molar-refractivity contribution in [3.05, 3.63) is 0 Å². The molecule has 20 heavy (non-hydrogen) atoms. The van der Waals surface area contributed by atoms with Crippen molar-refractivity contribution < 1.29 is 9.53 Å². The summed E-state index contributed by atoms with van der Waals surface area (Å²) in [6.07, 6.45) is 8.47. The van der Waals surface area contributed by atoms with E-state index in [2.05, 4.69) is 4.90 Å². The normalized spacial score (nSPS) is 24.4. The number of ether oxygens (including phenoxy) is 1. The number of methoxy groups -OCH3 is 1. The number of nitrogens with zero attached hydrogens (tertiary/aromatic N) is 2. The Bertz CT molecular complexity index is 299. The van der Waals surface area contributed by atoms with E-state index in [0.29, 0.717) is 0 Å². The van der Waals surface area contributed by atoms with Gasteiger partial charge < -0.3 is 9.64 Å². The first kappa shape index (κ1) is 15.8. The van der Waals surface area contributed by atoms with E-state index in [4.69, 9.17) is 4.74 Å². The Morgan fingerprint density at radius 1 is 1.10 bits per heavy atom. The van der Waals surface area contributed by atoms with E-state index in [1.54, 1.807) is 7.11 Å². The fourth-order valence-electron chi connectivity index (χ4n) is 3.61. The third-order valence-electron chi connectivity index (χ3n) is 4.86. The lowest BCUT2D eigenvalue weighted by Crippen LogP contribution is -2.43. The average molecular weight is 282 g/mol. The summed E-state index contributed by atoms with van der Waals surface area (Å²) in [5, 5.41) is 0. The van der Waals surface area contributed by atoms with Crippen LogP contribution in [0.1, 0.15) is 51.9 Å². The van der Waals surface area contributed by atoms with Crippen LogP contribution in [0.25, 0.3) is 0 Å². The molecule has 116 valence electrons. The number of rotatable bonds is 4. The summed E-state index contributed by atoms with van der Waals surface area (Å²) < 4.78 is 5.29. The summed E-state index contributed by atoms with van der Waals surface area (Å²) in [6.45, 7) is 5.96. The highest BCUT2D eigenvalue weighted by molar-refractivity contribution is 5.80. The number of amides is 1. The van der Waals surface area contributed by atoms with Crippen molar-refractivity contribution in [3.63, 3.8) is 0 Å². The highest BCUT2D eigenvalue weighted by Crippen LogP contribution is 2.23. The van der Waals surface area contributed by atoms with Gasteiger partial charge in [0.2, 0.25) is 0 Å². The van der Waals surface area contributed by atoms with E-state index >= 15 is 0 Å². The lowest BCUT2D eigenvalue weighted by molar-refractivity contribution is -0.142. The number of carbonyl (C=O) groups excluding carboxylic acids is 1. The van der Waals surface area contributed by atoms with Crippen LogP contribution >= 0.6 is 0 Å². The fourth-order valence-corrected chi connectivity index (χ4v) is 3.61. The monoisotopic (exact) mass is 282 g/mol. The SMILES string of the molecule is CCC(OC)C(=O)N1CCCN(C2CCCCC2)CC1. The van der Waals surface area contributed by atoms with Crippen LogP contribution in [0.3, 0.4) is 0 Å². The topological polar surface area (TPSA) is 32.8 Å². The zero-order valence-electron chi connectivity index (χ0n) is 13.1. The van der Waals surface area contributed by atoms with Gasteiger partial charge in [0.25, 0.3) is 5.91 Å². The molecule has 2 fully saturated rings. The molecule has 1 aliphatic carbocycles. The first-order valence-corrected chi connectivity index (χ1v) is 8.32. The second-order valence-corrected chi connectivity index (χ2v) is 6.14. The first-order valence-electron chi connectivity index (χ1n) is 8.32.